The van der Waals surface area contributed by atoms with Crippen molar-refractivity contribution in [3.63, 3.8) is 0 Å². The van der Waals surface area contributed by atoms with Gasteiger partial charge < -0.3 is 15.2 Å². The van der Waals surface area contributed by atoms with E-state index in [-0.39, 0.29) is 18.6 Å². The second-order valence-corrected chi connectivity index (χ2v) is 5.27. The van der Waals surface area contributed by atoms with Gasteiger partial charge in [0.05, 0.1) is 13.2 Å². The Hall–Kier alpha value is -1.43. The van der Waals surface area contributed by atoms with Crippen molar-refractivity contribution in [2.45, 2.75) is 26.1 Å². The van der Waals surface area contributed by atoms with Gasteiger partial charge in [-0.1, -0.05) is 31.2 Å². The molecule has 2 N–H and O–H groups in total. The van der Waals surface area contributed by atoms with Crippen LogP contribution in [0.4, 0.5) is 0 Å². The fourth-order valence-corrected chi connectivity index (χ4v) is 2.40. The van der Waals surface area contributed by atoms with Crippen LogP contribution in [0.5, 0.6) is 0 Å². The van der Waals surface area contributed by atoms with E-state index in [2.05, 4.69) is 17.1 Å². The van der Waals surface area contributed by atoms with E-state index in [9.17, 15) is 4.79 Å². The first-order valence-corrected chi connectivity index (χ1v) is 7.53. The zero-order chi connectivity index (χ0) is 15.1. The third-order valence-electron chi connectivity index (χ3n) is 3.81. The zero-order valence-electron chi connectivity index (χ0n) is 12.5. The number of aliphatic hydroxyl groups excluding tert-OH is 1. The van der Waals surface area contributed by atoms with Crippen LogP contribution < -0.4 is 5.32 Å². The van der Waals surface area contributed by atoms with Gasteiger partial charge in [-0.2, -0.15) is 0 Å². The van der Waals surface area contributed by atoms with E-state index in [1.807, 2.05) is 24.3 Å². The van der Waals surface area contributed by atoms with E-state index in [0.29, 0.717) is 19.7 Å². The van der Waals surface area contributed by atoms with Gasteiger partial charge in [0, 0.05) is 19.6 Å². The lowest BCUT2D eigenvalue weighted by Gasteiger charge is -2.31. The van der Waals surface area contributed by atoms with Crippen molar-refractivity contribution < 1.29 is 14.6 Å². The average molecular weight is 292 g/mol. The summed E-state index contributed by atoms with van der Waals surface area (Å²) in [5.41, 5.74) is 2.05. The van der Waals surface area contributed by atoms with Crippen LogP contribution in [-0.2, 0) is 22.6 Å². The number of aliphatic hydroxyl groups is 1. The number of carbonyl (C=O) groups excluding carboxylic acids is 1. The van der Waals surface area contributed by atoms with Crippen LogP contribution in [0.25, 0.3) is 0 Å². The fourth-order valence-electron chi connectivity index (χ4n) is 2.40. The van der Waals surface area contributed by atoms with Gasteiger partial charge >= 0.3 is 0 Å². The molecule has 0 spiro atoms. The second-order valence-electron chi connectivity index (χ2n) is 5.27. The van der Waals surface area contributed by atoms with Crippen LogP contribution >= 0.6 is 0 Å². The molecule has 1 atom stereocenters. The van der Waals surface area contributed by atoms with E-state index < -0.39 is 0 Å². The highest BCUT2D eigenvalue weighted by atomic mass is 16.5. The largest absolute Gasteiger partial charge is 0.392 e. The molecule has 0 aliphatic carbocycles. The number of nitrogens with one attached hydrogen (secondary N) is 1. The van der Waals surface area contributed by atoms with E-state index in [0.717, 1.165) is 30.6 Å². The van der Waals surface area contributed by atoms with Gasteiger partial charge in [-0.15, -0.1) is 0 Å². The molecule has 5 heteroatoms. The summed E-state index contributed by atoms with van der Waals surface area (Å²) in [6.45, 7) is 5.90. The molecule has 116 valence electrons. The van der Waals surface area contributed by atoms with Crippen molar-refractivity contribution in [1.82, 2.24) is 10.2 Å². The molecule has 21 heavy (non-hydrogen) atoms. The van der Waals surface area contributed by atoms with Crippen molar-refractivity contribution in [3.05, 3.63) is 35.4 Å². The maximum atomic E-state index is 12.1. The van der Waals surface area contributed by atoms with Gasteiger partial charge in [0.15, 0.2) is 0 Å². The summed E-state index contributed by atoms with van der Waals surface area (Å²) in [7, 11) is 0. The molecule has 1 aromatic carbocycles. The number of nitrogens with zero attached hydrogens (tertiary/aromatic N) is 1. The molecular formula is C16H24N2O3. The Morgan fingerprint density at radius 3 is 2.76 bits per heavy atom. The maximum absolute atomic E-state index is 12.1. The molecule has 1 heterocycles. The lowest BCUT2D eigenvalue weighted by atomic mass is 10.1. The van der Waals surface area contributed by atoms with Crippen LogP contribution in [0.2, 0.25) is 0 Å². The first-order chi connectivity index (χ1) is 10.2. The minimum absolute atomic E-state index is 0.0277. The predicted octanol–water partition coefficient (Wildman–Crippen LogP) is 0.558. The van der Waals surface area contributed by atoms with Gasteiger partial charge in [-0.05, 0) is 24.1 Å². The van der Waals surface area contributed by atoms with Crippen molar-refractivity contribution in [3.8, 4) is 0 Å². The number of amides is 1. The van der Waals surface area contributed by atoms with Crippen LogP contribution in [0.3, 0.4) is 0 Å². The molecule has 1 fully saturated rings. The summed E-state index contributed by atoms with van der Waals surface area (Å²) < 4.78 is 5.52. The summed E-state index contributed by atoms with van der Waals surface area (Å²) in [4.78, 5) is 14.3. The Bertz CT molecular complexity index is 447. The van der Waals surface area contributed by atoms with Gasteiger partial charge in [0.2, 0.25) is 5.91 Å². The molecule has 1 amide bonds. The normalized spacial score (nSPS) is 19.4. The lowest BCUT2D eigenvalue weighted by Crippen LogP contribution is -2.49. The Morgan fingerprint density at radius 2 is 2.10 bits per heavy atom. The van der Waals surface area contributed by atoms with Crippen LogP contribution in [0.1, 0.15) is 18.1 Å². The minimum atomic E-state index is -0.351. The zero-order valence-corrected chi connectivity index (χ0v) is 12.5. The molecule has 1 unspecified atom stereocenters. The number of morpholine rings is 1. The van der Waals surface area contributed by atoms with E-state index in [1.165, 1.54) is 0 Å². The molecule has 5 nitrogen and oxygen atoms in total. The smallest absolute Gasteiger partial charge is 0.250 e. The van der Waals surface area contributed by atoms with Crippen LogP contribution in [-0.4, -0.2) is 54.8 Å². The third kappa shape index (κ3) is 4.81. The number of ether oxygens (including phenoxy) is 1. The van der Waals surface area contributed by atoms with Crippen molar-refractivity contribution in [2.24, 2.45) is 0 Å². The fraction of sp³-hybridized carbons (Fsp3) is 0.562. The SMILES string of the molecule is CCN1CCOC(C(=O)NCCc2ccc(CO)cc2)C1. The van der Waals surface area contributed by atoms with E-state index in [1.54, 1.807) is 0 Å². The summed E-state index contributed by atoms with van der Waals surface area (Å²) in [6, 6.07) is 7.77. The first-order valence-electron chi connectivity index (χ1n) is 7.53. The summed E-state index contributed by atoms with van der Waals surface area (Å²) in [6.07, 6.45) is 0.428. The van der Waals surface area contributed by atoms with Gasteiger partial charge in [-0.25, -0.2) is 0 Å². The van der Waals surface area contributed by atoms with Crippen LogP contribution in [0, 0.1) is 0 Å². The molecule has 0 aromatic heterocycles. The highest BCUT2D eigenvalue weighted by Crippen LogP contribution is 2.06. The number of hydrogen-bond donors (Lipinski definition) is 2. The minimum Gasteiger partial charge on any atom is -0.392 e. The highest BCUT2D eigenvalue weighted by Gasteiger charge is 2.25. The van der Waals surface area contributed by atoms with E-state index >= 15 is 0 Å². The highest BCUT2D eigenvalue weighted by molar-refractivity contribution is 5.81. The van der Waals surface area contributed by atoms with E-state index in [4.69, 9.17) is 9.84 Å². The molecular weight excluding hydrogens is 268 g/mol. The average Bonchev–Trinajstić information content (AvgIpc) is 2.55. The quantitative estimate of drug-likeness (QED) is 0.804. The maximum Gasteiger partial charge on any atom is 0.250 e. The second kappa shape index (κ2) is 8.12. The number of rotatable bonds is 6. The molecule has 0 bridgehead atoms. The molecule has 1 aliphatic heterocycles. The summed E-state index contributed by atoms with van der Waals surface area (Å²) in [5.74, 6) is -0.0277. The van der Waals surface area contributed by atoms with Crippen molar-refractivity contribution >= 4 is 5.91 Å². The number of carbonyl (C=O) groups is 1. The topological polar surface area (TPSA) is 61.8 Å². The lowest BCUT2D eigenvalue weighted by molar-refractivity contribution is -0.138. The third-order valence-corrected chi connectivity index (χ3v) is 3.81. The Morgan fingerprint density at radius 1 is 1.38 bits per heavy atom. The number of likely N-dealkylation sites (N-methyl/N-ethyl adjacent to an activating group) is 1. The predicted molar refractivity (Wildman–Crippen MR) is 80.9 cm³/mol. The molecule has 1 saturated heterocycles. The standard InChI is InChI=1S/C16H24N2O3/c1-2-18-9-10-21-15(11-18)16(20)17-8-7-13-3-5-14(12-19)6-4-13/h3-6,15,19H,2,7-12H2,1H3,(H,17,20). The van der Waals surface area contributed by atoms with Crippen molar-refractivity contribution in [2.75, 3.05) is 32.8 Å². The molecule has 1 aliphatic rings. The monoisotopic (exact) mass is 292 g/mol. The van der Waals surface area contributed by atoms with Crippen molar-refractivity contribution in [1.29, 1.82) is 0 Å². The Labute approximate surface area is 125 Å². The summed E-state index contributed by atoms with van der Waals surface area (Å²) >= 11 is 0. The number of hydrogen-bond acceptors (Lipinski definition) is 4. The first kappa shape index (κ1) is 15.9. The van der Waals surface area contributed by atoms with Gasteiger partial charge in [0.1, 0.15) is 6.10 Å². The molecule has 1 aromatic rings. The van der Waals surface area contributed by atoms with Crippen LogP contribution in [0.15, 0.2) is 24.3 Å². The molecule has 0 radical (unpaired) electrons. The summed E-state index contributed by atoms with van der Waals surface area (Å²) in [5, 5.41) is 11.9. The number of benzene rings is 1. The molecule has 2 rings (SSSR count). The van der Waals surface area contributed by atoms with Gasteiger partial charge in [-0.3, -0.25) is 9.69 Å². The molecule has 0 saturated carbocycles. The Balaban J connectivity index is 1.73. The van der Waals surface area contributed by atoms with Gasteiger partial charge in [0.25, 0.3) is 0 Å². The Kier molecular flexibility index (Phi) is 6.17.